The topological polar surface area (TPSA) is 201 Å². The van der Waals surface area contributed by atoms with Crippen molar-refractivity contribution >= 4 is 70.0 Å². The molecule has 4 rings (SSSR count). The Morgan fingerprint density at radius 1 is 0.686 bits per heavy atom. The number of benzene rings is 2. The van der Waals surface area contributed by atoms with Crippen molar-refractivity contribution in [2.75, 3.05) is 12.5 Å². The van der Waals surface area contributed by atoms with Gasteiger partial charge in [-0.15, -0.1) is 0 Å². The van der Waals surface area contributed by atoms with E-state index in [0.717, 1.165) is 89.6 Å². The van der Waals surface area contributed by atoms with Crippen molar-refractivity contribution in [1.29, 1.82) is 0 Å². The Morgan fingerprint density at radius 3 is 1.35 bits per heavy atom. The van der Waals surface area contributed by atoms with Crippen LogP contribution in [0.2, 0.25) is 0 Å². The van der Waals surface area contributed by atoms with Crippen LogP contribution in [0.3, 0.4) is 0 Å². The minimum Gasteiger partial charge on any atom is -0.370 e. The van der Waals surface area contributed by atoms with Gasteiger partial charge in [-0.1, -0.05) is 65.2 Å². The molecule has 16 heteroatoms. The van der Waals surface area contributed by atoms with Gasteiger partial charge in [0.05, 0.1) is 41.2 Å². The lowest BCUT2D eigenvalue weighted by Gasteiger charge is -2.18. The number of amides is 1. The third kappa shape index (κ3) is 11.8. The average molecular weight is 805 g/mol. The van der Waals surface area contributed by atoms with Gasteiger partial charge in [0.25, 0.3) is 11.1 Å². The highest BCUT2D eigenvalue weighted by molar-refractivity contribution is 7.92. The highest BCUT2D eigenvalue weighted by Gasteiger charge is 2.29. The molecule has 0 saturated heterocycles. The number of nitrogens with two attached hydrogens (primary N) is 2. The summed E-state index contributed by atoms with van der Waals surface area (Å²) in [7, 11) is -10.2. The molecule has 2 aromatic rings. The van der Waals surface area contributed by atoms with Gasteiger partial charge < -0.3 is 11.5 Å². The van der Waals surface area contributed by atoms with E-state index in [4.69, 9.17) is 23.1 Å². The first-order valence-electron chi connectivity index (χ1n) is 17.3. The molecule has 2 fully saturated rings. The Balaban J connectivity index is 0.000000277. The van der Waals surface area contributed by atoms with E-state index in [9.17, 15) is 34.8 Å². The molecule has 0 spiro atoms. The second-order valence-electron chi connectivity index (χ2n) is 13.1. The molecule has 284 valence electrons. The van der Waals surface area contributed by atoms with Gasteiger partial charge >= 0.3 is 0 Å². The van der Waals surface area contributed by atoms with Crippen LogP contribution >= 0.6 is 11.6 Å². The van der Waals surface area contributed by atoms with Crippen molar-refractivity contribution < 1.29 is 34.8 Å². The predicted octanol–water partition coefficient (Wildman–Crippen LogP) is 5.76. The Bertz CT molecular complexity index is 1890. The van der Waals surface area contributed by atoms with E-state index in [1.807, 2.05) is 13.8 Å². The van der Waals surface area contributed by atoms with Crippen LogP contribution in [-0.4, -0.2) is 65.4 Å². The molecule has 0 aliphatic heterocycles. The number of carbonyl (C=O) groups is 2. The van der Waals surface area contributed by atoms with Crippen molar-refractivity contribution in [3.05, 3.63) is 46.5 Å². The summed E-state index contributed by atoms with van der Waals surface area (Å²) in [6.07, 6.45) is 14.9. The van der Waals surface area contributed by atoms with Gasteiger partial charge in [0.15, 0.2) is 25.6 Å². The molecule has 2 aliphatic carbocycles. The smallest absolute Gasteiger partial charge is 0.280 e. The van der Waals surface area contributed by atoms with E-state index in [-0.39, 0.29) is 36.3 Å². The summed E-state index contributed by atoms with van der Waals surface area (Å²) in [5.41, 5.74) is 12.1. The fraction of sp³-hybridized carbons (Fsp3) is 0.571. The van der Waals surface area contributed by atoms with Gasteiger partial charge in [0, 0.05) is 34.1 Å². The maximum absolute atomic E-state index is 13.2. The zero-order chi connectivity index (χ0) is 38.1. The van der Waals surface area contributed by atoms with Crippen molar-refractivity contribution in [2.24, 2.45) is 16.5 Å². The Hall–Kier alpha value is -2.46. The lowest BCUT2D eigenvalue weighted by molar-refractivity contribution is 0.100. The third-order valence-electron chi connectivity index (χ3n) is 9.22. The quantitative estimate of drug-likeness (QED) is 0.129. The number of hydrogen-bond donors (Lipinski definition) is 2. The molecule has 2 aliphatic rings. The van der Waals surface area contributed by atoms with E-state index in [2.05, 4.69) is 4.99 Å². The summed E-state index contributed by atoms with van der Waals surface area (Å²) in [5, 5.41) is -0.796. The first-order valence-corrected chi connectivity index (χ1v) is 23.9. The fourth-order valence-corrected chi connectivity index (χ4v) is 12.9. The first kappa shape index (κ1) is 42.9. The molecular weight excluding hydrogens is 754 g/mol. The molecule has 11 nitrogen and oxygen atoms in total. The summed E-state index contributed by atoms with van der Waals surface area (Å²) in [5.74, 6) is -1.10. The van der Waals surface area contributed by atoms with E-state index in [1.165, 1.54) is 12.1 Å². The van der Waals surface area contributed by atoms with E-state index < -0.39 is 58.4 Å². The molecule has 0 heterocycles. The number of halogens is 1. The van der Waals surface area contributed by atoms with E-state index in [0.29, 0.717) is 28.9 Å². The highest BCUT2D eigenvalue weighted by Crippen LogP contribution is 2.33. The van der Waals surface area contributed by atoms with Crippen molar-refractivity contribution in [3.8, 4) is 0 Å². The first-order chi connectivity index (χ1) is 23.9. The molecule has 4 N–H and O–H groups in total. The number of sulfone groups is 2. The van der Waals surface area contributed by atoms with Crippen LogP contribution < -0.4 is 11.5 Å². The van der Waals surface area contributed by atoms with Gasteiger partial charge in [-0.2, -0.15) is 4.99 Å². The van der Waals surface area contributed by atoms with Crippen LogP contribution in [0.25, 0.3) is 0 Å². The zero-order valence-electron chi connectivity index (χ0n) is 29.7. The maximum atomic E-state index is 13.2. The minimum atomic E-state index is -3.69. The predicted molar refractivity (Wildman–Crippen MR) is 204 cm³/mol. The average Bonchev–Trinajstić information content (AvgIpc) is 3.52. The number of aryl methyl sites for hydroxylation is 2. The SMILES string of the molecule is CCc1cc(S(=O)C2CCCCCC2)c(S(C)(=O)=O)cc1C(=O)Cl.CCc1cc(S(=O)C2CCCCCC2)c(S(C)(=O)=O)cc1C(=O)N=C(N)N. The van der Waals surface area contributed by atoms with Gasteiger partial charge in [0.1, 0.15) is 0 Å². The lowest BCUT2D eigenvalue weighted by Crippen LogP contribution is -2.24. The number of guanidine groups is 1. The molecule has 1 amide bonds. The summed E-state index contributed by atoms with van der Waals surface area (Å²) in [6, 6.07) is 5.75. The second-order valence-corrected chi connectivity index (χ2v) is 20.8. The number of hydrogen-bond acceptors (Lipinski definition) is 8. The van der Waals surface area contributed by atoms with Crippen LogP contribution in [0, 0.1) is 0 Å². The fourth-order valence-electron chi connectivity index (χ4n) is 6.51. The number of nitrogens with zero attached hydrogens (tertiary/aromatic N) is 1. The van der Waals surface area contributed by atoms with Crippen molar-refractivity contribution in [1.82, 2.24) is 0 Å². The van der Waals surface area contributed by atoms with Crippen LogP contribution in [0.15, 0.2) is 48.8 Å². The molecule has 2 aromatic carbocycles. The molecule has 51 heavy (non-hydrogen) atoms. The Labute approximate surface area is 312 Å². The van der Waals surface area contributed by atoms with Gasteiger partial charge in [0.2, 0.25) is 0 Å². The molecule has 0 aromatic heterocycles. The number of rotatable bonds is 10. The summed E-state index contributed by atoms with van der Waals surface area (Å²) < 4.78 is 75.5. The van der Waals surface area contributed by atoms with Crippen molar-refractivity contribution in [2.45, 2.75) is 134 Å². The standard InChI is InChI=1S/C18H27N3O4S2.C17H23ClO4S2/c1-3-12-10-15(26(23)13-8-6-4-5-7-9-13)16(27(2,24)25)11-14(12)17(22)21-18(19)20;1-3-12-10-15(23(20)13-8-6-4-5-7-9-13)16(24(2,21)22)11-14(12)17(18)19/h10-11,13H,3-9H2,1-2H3,(H4,19,20,21,22);10-11,13H,3-9H2,1-2H3. The molecule has 2 atom stereocenters. The van der Waals surface area contributed by atoms with E-state index >= 15 is 0 Å². The number of aliphatic imine (C=N–C) groups is 1. The molecule has 0 radical (unpaired) electrons. The van der Waals surface area contributed by atoms with E-state index in [1.54, 1.807) is 12.1 Å². The summed E-state index contributed by atoms with van der Waals surface area (Å²) in [6.45, 7) is 3.69. The van der Waals surface area contributed by atoms with Gasteiger partial charge in [-0.3, -0.25) is 18.0 Å². The monoisotopic (exact) mass is 803 g/mol. The Morgan fingerprint density at radius 2 is 1.04 bits per heavy atom. The van der Waals surface area contributed by atoms with Gasteiger partial charge in [-0.05, 0) is 85.5 Å². The van der Waals surface area contributed by atoms with Crippen LogP contribution in [0.5, 0.6) is 0 Å². The molecule has 2 unspecified atom stereocenters. The van der Waals surface area contributed by atoms with Crippen LogP contribution in [0.1, 0.15) is 123 Å². The lowest BCUT2D eigenvalue weighted by atomic mass is 10.0. The maximum Gasteiger partial charge on any atom is 0.280 e. The van der Waals surface area contributed by atoms with Crippen LogP contribution in [-0.2, 0) is 54.1 Å². The highest BCUT2D eigenvalue weighted by atomic mass is 35.5. The number of carbonyl (C=O) groups excluding carboxylic acids is 2. The van der Waals surface area contributed by atoms with Crippen LogP contribution in [0.4, 0.5) is 0 Å². The normalized spacial score (nSPS) is 17.6. The molecular formula is C35H50ClN3O8S4. The summed E-state index contributed by atoms with van der Waals surface area (Å²) in [4.78, 5) is 27.9. The Kier molecular flexibility index (Phi) is 16.0. The molecule has 0 bridgehead atoms. The minimum absolute atomic E-state index is 0.0322. The van der Waals surface area contributed by atoms with Crippen molar-refractivity contribution in [3.63, 3.8) is 0 Å². The second kappa shape index (κ2) is 19.0. The summed E-state index contributed by atoms with van der Waals surface area (Å²) >= 11 is 5.60. The molecule has 2 saturated carbocycles. The largest absolute Gasteiger partial charge is 0.370 e. The zero-order valence-corrected chi connectivity index (χ0v) is 33.8. The van der Waals surface area contributed by atoms with Gasteiger partial charge in [-0.25, -0.2) is 16.8 Å². The third-order valence-corrected chi connectivity index (χ3v) is 15.6.